The van der Waals surface area contributed by atoms with Crippen molar-refractivity contribution in [2.24, 2.45) is 0 Å². The van der Waals surface area contributed by atoms with E-state index in [1.54, 1.807) is 75.7 Å². The van der Waals surface area contributed by atoms with E-state index in [-0.39, 0.29) is 11.8 Å². The number of rotatable bonds is 3. The Morgan fingerprint density at radius 2 is 1.46 bits per heavy atom. The molecule has 0 spiro atoms. The van der Waals surface area contributed by atoms with Crippen molar-refractivity contribution in [2.45, 2.75) is 0 Å². The monoisotopic (exact) mass is 395 g/mol. The van der Waals surface area contributed by atoms with Crippen LogP contribution in [0.1, 0.15) is 20.7 Å². The van der Waals surface area contributed by atoms with Gasteiger partial charge in [0.25, 0.3) is 11.8 Å². The van der Waals surface area contributed by atoms with Gasteiger partial charge in [0.15, 0.2) is 0 Å². The van der Waals surface area contributed by atoms with Crippen LogP contribution in [-0.2, 0) is 0 Å². The van der Waals surface area contributed by atoms with Crippen LogP contribution in [0.3, 0.4) is 0 Å². The van der Waals surface area contributed by atoms with E-state index < -0.39 is 0 Å². The summed E-state index contributed by atoms with van der Waals surface area (Å²) >= 11 is 5.87. The normalized spacial score (nSPS) is 14.2. The molecule has 0 atom stereocenters. The van der Waals surface area contributed by atoms with Crippen LogP contribution in [0.25, 0.3) is 5.82 Å². The smallest absolute Gasteiger partial charge is 0.255 e. The first kappa shape index (κ1) is 18.2. The molecule has 142 valence electrons. The number of carbonyl (C=O) groups is 2. The molecule has 7 nitrogen and oxygen atoms in total. The van der Waals surface area contributed by atoms with E-state index in [1.807, 2.05) is 0 Å². The van der Waals surface area contributed by atoms with E-state index in [0.717, 1.165) is 0 Å². The molecule has 2 amide bonds. The predicted molar refractivity (Wildman–Crippen MR) is 105 cm³/mol. The lowest BCUT2D eigenvalue weighted by molar-refractivity contribution is 0.0535. The van der Waals surface area contributed by atoms with Crippen LogP contribution in [0.15, 0.2) is 61.3 Å². The van der Waals surface area contributed by atoms with Crippen LogP contribution in [0.5, 0.6) is 0 Å². The number of nitrogens with zero attached hydrogens (tertiary/aromatic N) is 5. The van der Waals surface area contributed by atoms with Crippen LogP contribution in [0.4, 0.5) is 0 Å². The van der Waals surface area contributed by atoms with Crippen molar-refractivity contribution in [3.8, 4) is 5.82 Å². The summed E-state index contributed by atoms with van der Waals surface area (Å²) in [6.07, 6.45) is 6.69. The molecule has 1 aliphatic heterocycles. The number of hydrogen-bond acceptors (Lipinski definition) is 4. The molecule has 8 heteroatoms. The summed E-state index contributed by atoms with van der Waals surface area (Å²) in [5.74, 6) is 0.575. The minimum absolute atomic E-state index is 0.0462. The summed E-state index contributed by atoms with van der Waals surface area (Å²) in [7, 11) is 0. The predicted octanol–water partition coefficient (Wildman–Crippen LogP) is 2.52. The highest BCUT2D eigenvalue weighted by Gasteiger charge is 2.25. The van der Waals surface area contributed by atoms with Gasteiger partial charge in [0.1, 0.15) is 12.1 Å². The quantitative estimate of drug-likeness (QED) is 0.683. The van der Waals surface area contributed by atoms with Crippen molar-refractivity contribution in [1.82, 2.24) is 24.3 Å². The Morgan fingerprint density at radius 1 is 0.857 bits per heavy atom. The van der Waals surface area contributed by atoms with Crippen LogP contribution < -0.4 is 0 Å². The maximum Gasteiger partial charge on any atom is 0.255 e. The average Bonchev–Trinajstić information content (AvgIpc) is 3.28. The summed E-state index contributed by atoms with van der Waals surface area (Å²) in [5.41, 5.74) is 1.13. The number of carbonyl (C=O) groups excluding carboxylic acids is 2. The summed E-state index contributed by atoms with van der Waals surface area (Å²) in [6.45, 7) is 1.96. The number of hydrogen-bond donors (Lipinski definition) is 0. The molecule has 0 unspecified atom stereocenters. The molecular formula is C20H18ClN5O2. The highest BCUT2D eigenvalue weighted by atomic mass is 35.5. The summed E-state index contributed by atoms with van der Waals surface area (Å²) in [4.78, 5) is 37.1. The Labute approximate surface area is 167 Å². The molecule has 1 fully saturated rings. The molecule has 0 saturated carbocycles. The number of amides is 2. The number of imidazole rings is 1. The van der Waals surface area contributed by atoms with Crippen molar-refractivity contribution < 1.29 is 9.59 Å². The maximum absolute atomic E-state index is 12.7. The number of aromatic nitrogens is 3. The molecule has 0 bridgehead atoms. The lowest BCUT2D eigenvalue weighted by Gasteiger charge is -2.34. The fourth-order valence-electron chi connectivity index (χ4n) is 3.13. The minimum Gasteiger partial charge on any atom is -0.335 e. The number of benzene rings is 1. The molecule has 1 aliphatic rings. The van der Waals surface area contributed by atoms with Gasteiger partial charge >= 0.3 is 0 Å². The van der Waals surface area contributed by atoms with Gasteiger partial charge in [-0.2, -0.15) is 0 Å². The summed E-state index contributed by atoms with van der Waals surface area (Å²) in [6, 6.07) is 10.4. The van der Waals surface area contributed by atoms with Gasteiger partial charge in [0.2, 0.25) is 0 Å². The van der Waals surface area contributed by atoms with Crippen molar-refractivity contribution in [3.63, 3.8) is 0 Å². The fourth-order valence-corrected chi connectivity index (χ4v) is 3.26. The molecular weight excluding hydrogens is 378 g/mol. The molecule has 1 aromatic carbocycles. The third-order valence-corrected chi connectivity index (χ3v) is 4.96. The van der Waals surface area contributed by atoms with Crippen LogP contribution >= 0.6 is 11.6 Å². The zero-order valence-electron chi connectivity index (χ0n) is 15.0. The highest BCUT2D eigenvalue weighted by molar-refractivity contribution is 6.30. The van der Waals surface area contributed by atoms with Gasteiger partial charge in [-0.1, -0.05) is 11.6 Å². The first-order valence-electron chi connectivity index (χ1n) is 8.90. The second-order valence-electron chi connectivity index (χ2n) is 6.47. The zero-order valence-corrected chi connectivity index (χ0v) is 15.8. The van der Waals surface area contributed by atoms with Gasteiger partial charge in [0.05, 0.1) is 5.56 Å². The average molecular weight is 396 g/mol. The van der Waals surface area contributed by atoms with Gasteiger partial charge in [0, 0.05) is 55.4 Å². The van der Waals surface area contributed by atoms with Crippen molar-refractivity contribution in [2.75, 3.05) is 26.2 Å². The Hall–Kier alpha value is -3.19. The summed E-state index contributed by atoms with van der Waals surface area (Å²) in [5, 5.41) is 0.597. The second kappa shape index (κ2) is 7.82. The molecule has 3 heterocycles. The fraction of sp³-hybridized carbons (Fsp3) is 0.200. The standard InChI is InChI=1S/C20H18ClN5O2/c21-17-4-1-15(2-5-17)19(27)24-9-11-25(12-10-24)20(28)16-3-6-18(23-13-16)26-8-7-22-14-26/h1-8,13-14H,9-12H2. The lowest BCUT2D eigenvalue weighted by atomic mass is 10.1. The van der Waals surface area contributed by atoms with Gasteiger partial charge in [-0.25, -0.2) is 9.97 Å². The molecule has 0 aliphatic carbocycles. The third-order valence-electron chi connectivity index (χ3n) is 4.71. The number of piperazine rings is 1. The number of halogens is 1. The largest absolute Gasteiger partial charge is 0.335 e. The van der Waals surface area contributed by atoms with Crippen LogP contribution in [0, 0.1) is 0 Å². The molecule has 1 saturated heterocycles. The van der Waals surface area contributed by atoms with E-state index in [1.165, 1.54) is 0 Å². The van der Waals surface area contributed by atoms with E-state index in [4.69, 9.17) is 11.6 Å². The van der Waals surface area contributed by atoms with Crippen LogP contribution in [-0.4, -0.2) is 62.3 Å². The minimum atomic E-state index is -0.0803. The van der Waals surface area contributed by atoms with Crippen LogP contribution in [0.2, 0.25) is 5.02 Å². The summed E-state index contributed by atoms with van der Waals surface area (Å²) < 4.78 is 1.77. The van der Waals surface area contributed by atoms with E-state index in [2.05, 4.69) is 9.97 Å². The van der Waals surface area contributed by atoms with Gasteiger partial charge < -0.3 is 9.80 Å². The molecule has 0 radical (unpaired) electrons. The van der Waals surface area contributed by atoms with E-state index in [0.29, 0.717) is 48.1 Å². The van der Waals surface area contributed by atoms with Gasteiger partial charge in [-0.05, 0) is 36.4 Å². The van der Waals surface area contributed by atoms with Gasteiger partial charge in [-0.15, -0.1) is 0 Å². The first-order valence-corrected chi connectivity index (χ1v) is 9.28. The lowest BCUT2D eigenvalue weighted by Crippen LogP contribution is -2.50. The van der Waals surface area contributed by atoms with Gasteiger partial charge in [-0.3, -0.25) is 14.2 Å². The molecule has 4 rings (SSSR count). The van der Waals surface area contributed by atoms with Crippen molar-refractivity contribution in [3.05, 3.63) is 77.5 Å². The molecule has 0 N–H and O–H groups in total. The van der Waals surface area contributed by atoms with Crippen molar-refractivity contribution >= 4 is 23.4 Å². The molecule has 3 aromatic rings. The van der Waals surface area contributed by atoms with E-state index in [9.17, 15) is 9.59 Å². The van der Waals surface area contributed by atoms with Crippen molar-refractivity contribution in [1.29, 1.82) is 0 Å². The Bertz CT molecular complexity index is 963. The Kier molecular flexibility index (Phi) is 5.08. The zero-order chi connectivity index (χ0) is 19.5. The second-order valence-corrected chi connectivity index (χ2v) is 6.90. The highest BCUT2D eigenvalue weighted by Crippen LogP contribution is 2.15. The SMILES string of the molecule is O=C(c1ccc(Cl)cc1)N1CCN(C(=O)c2ccc(-n3ccnc3)nc2)CC1. The molecule has 2 aromatic heterocycles. The first-order chi connectivity index (χ1) is 13.6. The topological polar surface area (TPSA) is 71.3 Å². The molecule has 28 heavy (non-hydrogen) atoms. The van der Waals surface area contributed by atoms with E-state index >= 15 is 0 Å². The number of pyridine rings is 1. The third kappa shape index (κ3) is 3.75. The maximum atomic E-state index is 12.7. The Balaban J connectivity index is 1.37. The Morgan fingerprint density at radius 3 is 2.00 bits per heavy atom.